The highest BCUT2D eigenvalue weighted by Crippen LogP contribution is 2.27. The van der Waals surface area contributed by atoms with Crippen LogP contribution >= 0.6 is 0 Å². The summed E-state index contributed by atoms with van der Waals surface area (Å²) >= 11 is 0. The zero-order valence-electron chi connectivity index (χ0n) is 19.2. The first-order valence-corrected chi connectivity index (χ1v) is 10.8. The number of Topliss-reactive ketones (excluding diaryl/α,β-unsaturated/α-hetero) is 1. The molecule has 0 unspecified atom stereocenters. The molecule has 0 amide bonds. The summed E-state index contributed by atoms with van der Waals surface area (Å²) in [4.78, 5) is 26.6. The molecule has 0 aliphatic rings. The molecular weight excluding hydrogens is 433 g/mol. The average Bonchev–Trinajstić information content (AvgIpc) is 3.39. The first kappa shape index (κ1) is 21.6. The minimum atomic E-state index is -0.528. The summed E-state index contributed by atoms with van der Waals surface area (Å²) in [6, 6.07) is 9.31. The van der Waals surface area contributed by atoms with Gasteiger partial charge in [-0.3, -0.25) is 9.48 Å². The van der Waals surface area contributed by atoms with E-state index < -0.39 is 5.82 Å². The molecular formula is C25H22FN7O. The molecule has 170 valence electrons. The van der Waals surface area contributed by atoms with Gasteiger partial charge in [0.1, 0.15) is 17.3 Å². The molecule has 4 heterocycles. The van der Waals surface area contributed by atoms with Gasteiger partial charge in [-0.25, -0.2) is 23.9 Å². The number of aryl methyl sites for hydroxylation is 4. The van der Waals surface area contributed by atoms with Crippen molar-refractivity contribution < 1.29 is 9.18 Å². The van der Waals surface area contributed by atoms with E-state index in [0.29, 0.717) is 34.2 Å². The van der Waals surface area contributed by atoms with Crippen molar-refractivity contribution in [3.05, 3.63) is 82.9 Å². The number of hydrogen-bond donors (Lipinski definition) is 0. The number of rotatable bonds is 5. The number of ketones is 1. The molecule has 0 aliphatic heterocycles. The van der Waals surface area contributed by atoms with Gasteiger partial charge in [-0.05, 0) is 38.0 Å². The number of aromatic nitrogens is 7. The number of carbonyl (C=O) groups is 1. The van der Waals surface area contributed by atoms with Crippen LogP contribution in [0, 0.1) is 26.6 Å². The van der Waals surface area contributed by atoms with Gasteiger partial charge in [0.2, 0.25) is 0 Å². The number of benzene rings is 1. The highest BCUT2D eigenvalue weighted by atomic mass is 19.1. The van der Waals surface area contributed by atoms with Gasteiger partial charge in [-0.2, -0.15) is 5.10 Å². The van der Waals surface area contributed by atoms with Crippen LogP contribution in [0.3, 0.4) is 0 Å². The molecule has 0 fully saturated rings. The van der Waals surface area contributed by atoms with Crippen LogP contribution in [0.4, 0.5) is 4.39 Å². The third-order valence-corrected chi connectivity index (χ3v) is 5.79. The van der Waals surface area contributed by atoms with Crippen LogP contribution in [-0.2, 0) is 13.5 Å². The maximum atomic E-state index is 15.0. The standard InChI is InChI=1S/C25H22FN7O/c1-14-7-5-6-8-18(14)25-30-22-10-17(20(26)13-33(22)31-25)9-21(34)24-19(12-28-32(24)4)23-15(2)11-27-16(3)29-23/h5-8,10-13H,9H2,1-4H3. The fourth-order valence-electron chi connectivity index (χ4n) is 4.02. The van der Waals surface area contributed by atoms with Gasteiger partial charge in [-0.15, -0.1) is 5.10 Å². The third-order valence-electron chi connectivity index (χ3n) is 5.79. The van der Waals surface area contributed by atoms with Crippen molar-refractivity contribution in [3.63, 3.8) is 0 Å². The summed E-state index contributed by atoms with van der Waals surface area (Å²) < 4.78 is 17.9. The Labute approximate surface area is 195 Å². The van der Waals surface area contributed by atoms with Gasteiger partial charge in [0, 0.05) is 36.4 Å². The van der Waals surface area contributed by atoms with E-state index >= 15 is 0 Å². The molecule has 0 N–H and O–H groups in total. The summed E-state index contributed by atoms with van der Waals surface area (Å²) in [5.41, 5.74) is 5.03. The van der Waals surface area contributed by atoms with Gasteiger partial charge in [-0.1, -0.05) is 24.3 Å². The molecule has 0 aliphatic carbocycles. The fourth-order valence-corrected chi connectivity index (χ4v) is 4.02. The van der Waals surface area contributed by atoms with E-state index in [1.807, 2.05) is 38.1 Å². The van der Waals surface area contributed by atoms with E-state index in [1.165, 1.54) is 15.4 Å². The molecule has 4 aromatic heterocycles. The number of pyridine rings is 1. The molecule has 0 saturated carbocycles. The second-order valence-electron chi connectivity index (χ2n) is 8.28. The van der Waals surface area contributed by atoms with E-state index in [2.05, 4.69) is 25.1 Å². The van der Waals surface area contributed by atoms with Gasteiger partial charge < -0.3 is 0 Å². The molecule has 5 rings (SSSR count). The Hall–Kier alpha value is -4.27. The van der Waals surface area contributed by atoms with Crippen LogP contribution in [0.1, 0.15) is 33.0 Å². The van der Waals surface area contributed by atoms with Crippen LogP contribution < -0.4 is 0 Å². The lowest BCUT2D eigenvalue weighted by molar-refractivity contribution is 0.0983. The van der Waals surface area contributed by atoms with Crippen molar-refractivity contribution >= 4 is 11.4 Å². The molecule has 5 aromatic rings. The third kappa shape index (κ3) is 3.75. The van der Waals surface area contributed by atoms with Crippen molar-refractivity contribution in [2.45, 2.75) is 27.2 Å². The van der Waals surface area contributed by atoms with Gasteiger partial charge in [0.25, 0.3) is 0 Å². The molecule has 9 heteroatoms. The molecule has 0 radical (unpaired) electrons. The van der Waals surface area contributed by atoms with Crippen molar-refractivity contribution in [2.75, 3.05) is 0 Å². The number of nitrogens with zero attached hydrogens (tertiary/aromatic N) is 7. The lowest BCUT2D eigenvalue weighted by Gasteiger charge is -2.09. The Morgan fingerprint density at radius 2 is 1.82 bits per heavy atom. The van der Waals surface area contributed by atoms with E-state index in [1.54, 1.807) is 32.4 Å². The molecule has 34 heavy (non-hydrogen) atoms. The highest BCUT2D eigenvalue weighted by Gasteiger charge is 2.23. The first-order chi connectivity index (χ1) is 16.3. The van der Waals surface area contributed by atoms with Gasteiger partial charge >= 0.3 is 0 Å². The maximum Gasteiger partial charge on any atom is 0.186 e. The maximum absolute atomic E-state index is 15.0. The Bertz CT molecular complexity index is 1570. The summed E-state index contributed by atoms with van der Waals surface area (Å²) in [6.45, 7) is 5.63. The van der Waals surface area contributed by atoms with Gasteiger partial charge in [0.15, 0.2) is 17.3 Å². The van der Waals surface area contributed by atoms with E-state index in [-0.39, 0.29) is 17.8 Å². The average molecular weight is 455 g/mol. The Morgan fingerprint density at radius 1 is 1.03 bits per heavy atom. The first-order valence-electron chi connectivity index (χ1n) is 10.8. The predicted molar refractivity (Wildman–Crippen MR) is 125 cm³/mol. The highest BCUT2D eigenvalue weighted by molar-refractivity contribution is 6.01. The Morgan fingerprint density at radius 3 is 2.62 bits per heavy atom. The van der Waals surface area contributed by atoms with Crippen LogP contribution in [0.2, 0.25) is 0 Å². The lowest BCUT2D eigenvalue weighted by atomic mass is 10.0. The molecule has 0 bridgehead atoms. The smallest absolute Gasteiger partial charge is 0.186 e. The summed E-state index contributed by atoms with van der Waals surface area (Å²) in [6.07, 6.45) is 4.43. The lowest BCUT2D eigenvalue weighted by Crippen LogP contribution is -2.13. The normalized spacial score (nSPS) is 11.3. The van der Waals surface area contributed by atoms with Crippen LogP contribution in [0.15, 0.2) is 48.9 Å². The fraction of sp³-hybridized carbons (Fsp3) is 0.200. The van der Waals surface area contributed by atoms with Crippen LogP contribution in [0.5, 0.6) is 0 Å². The zero-order valence-corrected chi connectivity index (χ0v) is 19.2. The Balaban J connectivity index is 1.51. The largest absolute Gasteiger partial charge is 0.292 e. The quantitative estimate of drug-likeness (QED) is 0.371. The van der Waals surface area contributed by atoms with Crippen molar-refractivity contribution in [1.82, 2.24) is 34.3 Å². The molecule has 1 aromatic carbocycles. The molecule has 0 atom stereocenters. The number of carbonyl (C=O) groups excluding carboxylic acids is 1. The molecule has 0 saturated heterocycles. The predicted octanol–water partition coefficient (Wildman–Crippen LogP) is 4.08. The number of fused-ring (bicyclic) bond motifs is 1. The van der Waals surface area contributed by atoms with Crippen LogP contribution in [-0.4, -0.2) is 40.1 Å². The molecule has 8 nitrogen and oxygen atoms in total. The van der Waals surface area contributed by atoms with Crippen LogP contribution in [0.25, 0.3) is 28.3 Å². The van der Waals surface area contributed by atoms with Crippen molar-refractivity contribution in [1.29, 1.82) is 0 Å². The SMILES string of the molecule is Cc1ncc(C)c(-c2cnn(C)c2C(=O)Cc2cc3nc(-c4ccccc4C)nn3cc2F)n1. The van der Waals surface area contributed by atoms with E-state index in [9.17, 15) is 9.18 Å². The van der Waals surface area contributed by atoms with Gasteiger partial charge in [0.05, 0.1) is 18.1 Å². The summed E-state index contributed by atoms with van der Waals surface area (Å²) in [5, 5.41) is 8.67. The molecule has 0 spiro atoms. The second kappa shape index (κ2) is 8.26. The second-order valence-corrected chi connectivity index (χ2v) is 8.28. The minimum absolute atomic E-state index is 0.148. The zero-order chi connectivity index (χ0) is 24.0. The van der Waals surface area contributed by atoms with E-state index in [0.717, 1.165) is 16.7 Å². The van der Waals surface area contributed by atoms with Crippen molar-refractivity contribution in [2.24, 2.45) is 7.05 Å². The minimum Gasteiger partial charge on any atom is -0.292 e. The Kier molecular flexibility index (Phi) is 5.24. The van der Waals surface area contributed by atoms with Crippen molar-refractivity contribution in [3.8, 4) is 22.6 Å². The summed E-state index contributed by atoms with van der Waals surface area (Å²) in [7, 11) is 1.69. The van der Waals surface area contributed by atoms with E-state index in [4.69, 9.17) is 0 Å². The number of halogens is 1. The summed E-state index contributed by atoms with van der Waals surface area (Å²) in [5.74, 6) is 0.299. The number of hydrogen-bond acceptors (Lipinski definition) is 6. The monoisotopic (exact) mass is 455 g/mol. The topological polar surface area (TPSA) is 90.9 Å².